The summed E-state index contributed by atoms with van der Waals surface area (Å²) in [5, 5.41) is 6.33. The summed E-state index contributed by atoms with van der Waals surface area (Å²) in [4.78, 5) is 4.48. The van der Waals surface area contributed by atoms with Crippen LogP contribution in [-0.4, -0.2) is 39.4 Å². The van der Waals surface area contributed by atoms with Gasteiger partial charge in [-0.25, -0.2) is 4.99 Å². The Kier molecular flexibility index (Phi) is 9.71. The van der Waals surface area contributed by atoms with Crippen LogP contribution < -0.4 is 20.1 Å². The summed E-state index contributed by atoms with van der Waals surface area (Å²) < 4.78 is 40.4. The molecule has 0 aliphatic carbocycles. The number of hydrogen-bond acceptors (Lipinski definition) is 4. The molecule has 158 valence electrons. The van der Waals surface area contributed by atoms with Crippen molar-refractivity contribution < 1.29 is 23.0 Å². The van der Waals surface area contributed by atoms with Crippen molar-refractivity contribution in [3.8, 4) is 11.5 Å². The lowest BCUT2D eigenvalue weighted by Gasteiger charge is -2.14. The Morgan fingerprint density at radius 2 is 1.93 bits per heavy atom. The van der Waals surface area contributed by atoms with Crippen LogP contribution in [0.25, 0.3) is 0 Å². The van der Waals surface area contributed by atoms with Crippen molar-refractivity contribution in [1.29, 1.82) is 0 Å². The van der Waals surface area contributed by atoms with Crippen LogP contribution in [0.3, 0.4) is 0 Å². The van der Waals surface area contributed by atoms with E-state index in [-0.39, 0.29) is 12.3 Å². The van der Waals surface area contributed by atoms with Crippen molar-refractivity contribution in [3.05, 3.63) is 54.1 Å². The van der Waals surface area contributed by atoms with Gasteiger partial charge in [-0.1, -0.05) is 24.3 Å². The smallest absolute Gasteiger partial charge is 0.387 e. The number of halogens is 2. The fourth-order valence-electron chi connectivity index (χ4n) is 2.51. The molecule has 0 fully saturated rings. The van der Waals surface area contributed by atoms with E-state index in [0.29, 0.717) is 31.3 Å². The van der Waals surface area contributed by atoms with Crippen molar-refractivity contribution in [2.75, 3.05) is 32.2 Å². The van der Waals surface area contributed by atoms with Gasteiger partial charge in [-0.15, -0.1) is 0 Å². The third kappa shape index (κ3) is 8.35. The van der Waals surface area contributed by atoms with E-state index in [0.717, 1.165) is 17.9 Å². The van der Waals surface area contributed by atoms with Gasteiger partial charge >= 0.3 is 6.61 Å². The van der Waals surface area contributed by atoms with Gasteiger partial charge in [0.05, 0.1) is 13.2 Å². The fourth-order valence-corrected chi connectivity index (χ4v) is 2.51. The highest BCUT2D eigenvalue weighted by Gasteiger charge is 2.09. The number of ether oxygens (including phenoxy) is 3. The summed E-state index contributed by atoms with van der Waals surface area (Å²) in [6.07, 6.45) is 0.804. The maximum Gasteiger partial charge on any atom is 0.387 e. The first-order valence-corrected chi connectivity index (χ1v) is 9.42. The van der Waals surface area contributed by atoms with Crippen LogP contribution in [0.1, 0.15) is 18.9 Å². The highest BCUT2D eigenvalue weighted by atomic mass is 19.3. The van der Waals surface area contributed by atoms with Gasteiger partial charge in [0.1, 0.15) is 11.5 Å². The number of para-hydroxylation sites is 1. The van der Waals surface area contributed by atoms with Crippen LogP contribution in [0.5, 0.6) is 11.5 Å². The Hall–Kier alpha value is -2.87. The number of anilines is 1. The third-order valence-corrected chi connectivity index (χ3v) is 3.80. The lowest BCUT2D eigenvalue weighted by molar-refractivity contribution is -0.0504. The van der Waals surface area contributed by atoms with E-state index >= 15 is 0 Å². The molecule has 0 saturated heterocycles. The van der Waals surface area contributed by atoms with E-state index in [2.05, 4.69) is 20.4 Å². The molecule has 0 unspecified atom stereocenters. The van der Waals surface area contributed by atoms with Gasteiger partial charge in [0.25, 0.3) is 0 Å². The molecule has 6 nitrogen and oxygen atoms in total. The van der Waals surface area contributed by atoms with Gasteiger partial charge in [-0.05, 0) is 25.1 Å². The minimum Gasteiger partial charge on any atom is -0.493 e. The summed E-state index contributed by atoms with van der Waals surface area (Å²) in [7, 11) is 1.66. The molecule has 0 spiro atoms. The minimum absolute atomic E-state index is 0.119. The monoisotopic (exact) mass is 407 g/mol. The second kappa shape index (κ2) is 12.6. The third-order valence-electron chi connectivity index (χ3n) is 3.80. The zero-order valence-electron chi connectivity index (χ0n) is 16.7. The highest BCUT2D eigenvalue weighted by Crippen LogP contribution is 2.21. The second-order valence-corrected chi connectivity index (χ2v) is 6.03. The predicted octanol–water partition coefficient (Wildman–Crippen LogP) is 4.28. The van der Waals surface area contributed by atoms with E-state index in [9.17, 15) is 8.78 Å². The average molecular weight is 407 g/mol. The zero-order valence-corrected chi connectivity index (χ0v) is 16.7. The Labute approximate surface area is 169 Å². The summed E-state index contributed by atoms with van der Waals surface area (Å²) in [6.45, 7) is 1.11. The predicted molar refractivity (Wildman–Crippen MR) is 110 cm³/mol. The number of nitrogens with one attached hydrogen (secondary N) is 2. The molecule has 0 radical (unpaired) electrons. The lowest BCUT2D eigenvalue weighted by Crippen LogP contribution is -2.30. The van der Waals surface area contributed by atoms with Gasteiger partial charge in [0.2, 0.25) is 0 Å². The molecule has 2 aromatic carbocycles. The molecule has 2 N–H and O–H groups in total. The molecule has 0 atom stereocenters. The quantitative estimate of drug-likeness (QED) is 0.331. The topological polar surface area (TPSA) is 64.1 Å². The van der Waals surface area contributed by atoms with Crippen molar-refractivity contribution >= 4 is 11.6 Å². The summed E-state index contributed by atoms with van der Waals surface area (Å²) in [5.41, 5.74) is 1.37. The van der Waals surface area contributed by atoms with Crippen molar-refractivity contribution in [2.24, 2.45) is 4.99 Å². The molecule has 0 aliphatic heterocycles. The molecule has 0 heterocycles. The van der Waals surface area contributed by atoms with Gasteiger partial charge in [-0.3, -0.25) is 0 Å². The number of guanidine groups is 1. The first kappa shape index (κ1) is 22.4. The number of hydrogen-bond donors (Lipinski definition) is 2. The Bertz CT molecular complexity index is 772. The molecule has 0 bridgehead atoms. The summed E-state index contributed by atoms with van der Waals surface area (Å²) in [5.74, 6) is 1.38. The maximum absolute atomic E-state index is 12.6. The lowest BCUT2D eigenvalue weighted by atomic mass is 10.2. The van der Waals surface area contributed by atoms with E-state index in [1.165, 1.54) is 6.07 Å². The van der Waals surface area contributed by atoms with Crippen LogP contribution in [0.2, 0.25) is 0 Å². The molecule has 2 aromatic rings. The molecule has 0 amide bonds. The van der Waals surface area contributed by atoms with Crippen molar-refractivity contribution in [2.45, 2.75) is 26.5 Å². The summed E-state index contributed by atoms with van der Waals surface area (Å²) >= 11 is 0. The number of alkyl halides is 2. The van der Waals surface area contributed by atoms with Gasteiger partial charge < -0.3 is 24.8 Å². The van der Waals surface area contributed by atoms with Gasteiger partial charge in [0.15, 0.2) is 5.96 Å². The van der Waals surface area contributed by atoms with Crippen molar-refractivity contribution in [3.63, 3.8) is 0 Å². The molecular weight excluding hydrogens is 380 g/mol. The molecule has 2 rings (SSSR count). The van der Waals surface area contributed by atoms with Gasteiger partial charge in [-0.2, -0.15) is 8.78 Å². The Morgan fingerprint density at radius 1 is 1.10 bits per heavy atom. The average Bonchev–Trinajstić information content (AvgIpc) is 2.70. The molecule has 8 heteroatoms. The van der Waals surface area contributed by atoms with Crippen molar-refractivity contribution in [1.82, 2.24) is 5.32 Å². The Balaban J connectivity index is 2.04. The molecule has 0 aliphatic rings. The van der Waals surface area contributed by atoms with E-state index in [1.54, 1.807) is 25.3 Å². The molecule has 29 heavy (non-hydrogen) atoms. The van der Waals surface area contributed by atoms with Crippen LogP contribution in [0, 0.1) is 0 Å². The largest absolute Gasteiger partial charge is 0.493 e. The number of rotatable bonds is 11. The number of benzene rings is 2. The second-order valence-electron chi connectivity index (χ2n) is 6.03. The molecular formula is C21H27F2N3O3. The SMILES string of the molecule is CCNC(=NCc1ccccc1OC(F)F)Nc1cccc(OCCCOC)c1. The first-order chi connectivity index (χ1) is 14.1. The number of methoxy groups -OCH3 is 1. The first-order valence-electron chi connectivity index (χ1n) is 9.42. The van der Waals surface area contributed by atoms with E-state index < -0.39 is 6.61 Å². The fraction of sp³-hybridized carbons (Fsp3) is 0.381. The minimum atomic E-state index is -2.88. The normalized spacial score (nSPS) is 11.4. The number of aliphatic imine (C=N–C) groups is 1. The van der Waals surface area contributed by atoms with Crippen LogP contribution >= 0.6 is 0 Å². The standard InChI is InChI=1S/C21H27F2N3O3/c1-3-24-21(25-15-16-8-4-5-11-19(16)29-20(22)23)26-17-9-6-10-18(14-17)28-13-7-12-27-2/h4-6,8-11,14,20H,3,7,12-13,15H2,1-2H3,(H2,24,25,26). The molecule has 0 aromatic heterocycles. The van der Waals surface area contributed by atoms with E-state index in [1.807, 2.05) is 31.2 Å². The maximum atomic E-state index is 12.6. The summed E-state index contributed by atoms with van der Waals surface area (Å²) in [6, 6.07) is 14.1. The zero-order chi connectivity index (χ0) is 20.9. The highest BCUT2D eigenvalue weighted by molar-refractivity contribution is 5.93. The molecule has 0 saturated carbocycles. The van der Waals surface area contributed by atoms with Crippen LogP contribution in [-0.2, 0) is 11.3 Å². The Morgan fingerprint density at radius 3 is 2.69 bits per heavy atom. The van der Waals surface area contributed by atoms with Crippen LogP contribution in [0.4, 0.5) is 14.5 Å². The van der Waals surface area contributed by atoms with Crippen LogP contribution in [0.15, 0.2) is 53.5 Å². The van der Waals surface area contributed by atoms with E-state index in [4.69, 9.17) is 9.47 Å². The van der Waals surface area contributed by atoms with Gasteiger partial charge in [0, 0.05) is 44.0 Å². The number of nitrogens with zero attached hydrogens (tertiary/aromatic N) is 1.